The number of anilines is 2. The number of sulfonamides is 1. The minimum Gasteiger partial charge on any atom is -0.355 e. The maximum atomic E-state index is 12.5. The van der Waals surface area contributed by atoms with Crippen molar-refractivity contribution in [2.45, 2.75) is 18.7 Å². The molecule has 32 heavy (non-hydrogen) atoms. The first-order valence-corrected chi connectivity index (χ1v) is 11.1. The molecule has 4 rings (SSSR count). The highest BCUT2D eigenvalue weighted by atomic mass is 32.2. The molecular weight excluding hydrogens is 430 g/mol. The van der Waals surface area contributed by atoms with Crippen LogP contribution in [0, 0.1) is 13.8 Å². The molecule has 0 fully saturated rings. The van der Waals surface area contributed by atoms with Crippen LogP contribution in [0.15, 0.2) is 76.3 Å². The van der Waals surface area contributed by atoms with Crippen molar-refractivity contribution >= 4 is 27.6 Å². The Bertz CT molecular complexity index is 1360. The summed E-state index contributed by atoms with van der Waals surface area (Å²) in [6.45, 7) is 3.71. The SMILES string of the molecule is Cc1ccc(-c2cc(C(=O)Nc3ccc(S(=O)(=O)Nc4nccc(C)n4)cc3)no2)cc1. The smallest absolute Gasteiger partial charge is 0.277 e. The van der Waals surface area contributed by atoms with E-state index in [1.807, 2.05) is 31.2 Å². The van der Waals surface area contributed by atoms with Gasteiger partial charge in [0.05, 0.1) is 4.90 Å². The lowest BCUT2D eigenvalue weighted by Gasteiger charge is -2.08. The van der Waals surface area contributed by atoms with Crippen LogP contribution in [0.25, 0.3) is 11.3 Å². The lowest BCUT2D eigenvalue weighted by atomic mass is 10.1. The van der Waals surface area contributed by atoms with Gasteiger partial charge in [-0.25, -0.2) is 23.1 Å². The summed E-state index contributed by atoms with van der Waals surface area (Å²) in [6.07, 6.45) is 1.47. The minimum absolute atomic E-state index is 0.00342. The Labute approximate surface area is 184 Å². The molecule has 4 aromatic rings. The molecule has 0 aliphatic rings. The van der Waals surface area contributed by atoms with Crippen molar-refractivity contribution in [3.63, 3.8) is 0 Å². The van der Waals surface area contributed by atoms with Crippen LogP contribution in [0.1, 0.15) is 21.7 Å². The van der Waals surface area contributed by atoms with Gasteiger partial charge in [0.15, 0.2) is 11.5 Å². The fourth-order valence-corrected chi connectivity index (χ4v) is 3.78. The molecule has 162 valence electrons. The second kappa shape index (κ2) is 8.60. The summed E-state index contributed by atoms with van der Waals surface area (Å²) < 4.78 is 32.6. The Morgan fingerprint density at radius 3 is 2.38 bits per heavy atom. The highest BCUT2D eigenvalue weighted by molar-refractivity contribution is 7.92. The van der Waals surface area contributed by atoms with Crippen LogP contribution >= 0.6 is 0 Å². The van der Waals surface area contributed by atoms with Gasteiger partial charge in [0.1, 0.15) is 0 Å². The molecule has 2 heterocycles. The molecule has 0 saturated heterocycles. The summed E-state index contributed by atoms with van der Waals surface area (Å²) >= 11 is 0. The number of benzene rings is 2. The summed E-state index contributed by atoms with van der Waals surface area (Å²) in [5, 5.41) is 6.48. The number of aryl methyl sites for hydroxylation is 2. The monoisotopic (exact) mass is 449 g/mol. The van der Waals surface area contributed by atoms with E-state index in [2.05, 4.69) is 25.2 Å². The van der Waals surface area contributed by atoms with Crippen molar-refractivity contribution < 1.29 is 17.7 Å². The van der Waals surface area contributed by atoms with Crippen LogP contribution in [0.4, 0.5) is 11.6 Å². The zero-order valence-corrected chi connectivity index (χ0v) is 18.1. The Morgan fingerprint density at radius 2 is 1.69 bits per heavy atom. The average Bonchev–Trinajstić information content (AvgIpc) is 3.25. The normalized spacial score (nSPS) is 11.2. The van der Waals surface area contributed by atoms with Gasteiger partial charge < -0.3 is 9.84 Å². The molecule has 0 radical (unpaired) electrons. The van der Waals surface area contributed by atoms with E-state index in [1.165, 1.54) is 30.5 Å². The van der Waals surface area contributed by atoms with E-state index in [-0.39, 0.29) is 16.5 Å². The summed E-state index contributed by atoms with van der Waals surface area (Å²) in [6, 6.07) is 16.5. The third kappa shape index (κ3) is 4.81. The molecule has 2 N–H and O–H groups in total. The van der Waals surface area contributed by atoms with Crippen molar-refractivity contribution in [1.82, 2.24) is 15.1 Å². The van der Waals surface area contributed by atoms with Crippen LogP contribution in [0.5, 0.6) is 0 Å². The largest absolute Gasteiger partial charge is 0.355 e. The van der Waals surface area contributed by atoms with Gasteiger partial charge >= 0.3 is 0 Å². The first-order chi connectivity index (χ1) is 15.3. The quantitative estimate of drug-likeness (QED) is 0.458. The number of aromatic nitrogens is 3. The first kappa shape index (κ1) is 21.2. The van der Waals surface area contributed by atoms with Gasteiger partial charge in [-0.1, -0.05) is 35.0 Å². The second-order valence-electron chi connectivity index (χ2n) is 7.05. The van der Waals surface area contributed by atoms with Crippen molar-refractivity contribution in [2.24, 2.45) is 0 Å². The van der Waals surface area contributed by atoms with E-state index in [1.54, 1.807) is 19.1 Å². The number of carbonyl (C=O) groups is 1. The van der Waals surface area contributed by atoms with Crippen LogP contribution < -0.4 is 10.0 Å². The standard InChI is InChI=1S/C22H19N5O4S/c1-14-3-5-16(6-4-14)20-13-19(26-31-20)21(28)25-17-7-9-18(10-8-17)32(29,30)27-22-23-12-11-15(2)24-22/h3-13H,1-2H3,(H,25,28)(H,23,24,27). The highest BCUT2D eigenvalue weighted by Gasteiger charge is 2.17. The van der Waals surface area contributed by atoms with E-state index < -0.39 is 15.9 Å². The minimum atomic E-state index is -3.87. The van der Waals surface area contributed by atoms with Crippen molar-refractivity contribution in [3.05, 3.63) is 83.8 Å². The predicted molar refractivity (Wildman–Crippen MR) is 119 cm³/mol. The highest BCUT2D eigenvalue weighted by Crippen LogP contribution is 2.22. The predicted octanol–water partition coefficient (Wildman–Crippen LogP) is 3.80. The average molecular weight is 449 g/mol. The van der Waals surface area contributed by atoms with Crippen molar-refractivity contribution in [1.29, 1.82) is 0 Å². The number of hydrogen-bond acceptors (Lipinski definition) is 7. The molecule has 9 nitrogen and oxygen atoms in total. The fraction of sp³-hybridized carbons (Fsp3) is 0.0909. The molecule has 0 saturated carbocycles. The van der Waals surface area contributed by atoms with Gasteiger partial charge in [-0.15, -0.1) is 0 Å². The Kier molecular flexibility index (Phi) is 5.69. The molecule has 0 spiro atoms. The maximum absolute atomic E-state index is 12.5. The Balaban J connectivity index is 1.44. The van der Waals surface area contributed by atoms with E-state index in [0.717, 1.165) is 11.1 Å². The van der Waals surface area contributed by atoms with Crippen LogP contribution in [-0.2, 0) is 10.0 Å². The summed E-state index contributed by atoms with van der Waals surface area (Å²) in [5.74, 6) is -0.0205. The van der Waals surface area contributed by atoms with Crippen LogP contribution in [0.2, 0.25) is 0 Å². The van der Waals surface area contributed by atoms with E-state index in [0.29, 0.717) is 17.1 Å². The summed E-state index contributed by atoms with van der Waals surface area (Å²) in [7, 11) is -3.87. The lowest BCUT2D eigenvalue weighted by molar-refractivity contribution is 0.101. The van der Waals surface area contributed by atoms with Crippen LogP contribution in [-0.4, -0.2) is 29.4 Å². The Hall–Kier alpha value is -4.05. The van der Waals surface area contributed by atoms with Gasteiger partial charge in [-0.05, 0) is 44.2 Å². The first-order valence-electron chi connectivity index (χ1n) is 9.58. The third-order valence-electron chi connectivity index (χ3n) is 4.52. The zero-order chi connectivity index (χ0) is 22.7. The Morgan fingerprint density at radius 1 is 0.969 bits per heavy atom. The molecule has 2 aromatic carbocycles. The van der Waals surface area contributed by atoms with E-state index >= 15 is 0 Å². The third-order valence-corrected chi connectivity index (χ3v) is 5.87. The lowest BCUT2D eigenvalue weighted by Crippen LogP contribution is -2.16. The number of amides is 1. The maximum Gasteiger partial charge on any atom is 0.277 e. The van der Waals surface area contributed by atoms with Crippen molar-refractivity contribution in [3.8, 4) is 11.3 Å². The molecular formula is C22H19N5O4S. The van der Waals surface area contributed by atoms with Gasteiger partial charge in [0.2, 0.25) is 5.95 Å². The molecule has 10 heteroatoms. The van der Waals surface area contributed by atoms with Gasteiger partial charge in [-0.2, -0.15) is 0 Å². The molecule has 0 atom stereocenters. The second-order valence-corrected chi connectivity index (χ2v) is 8.73. The topological polar surface area (TPSA) is 127 Å². The zero-order valence-electron chi connectivity index (χ0n) is 17.2. The van der Waals surface area contributed by atoms with E-state index in [9.17, 15) is 13.2 Å². The number of nitrogens with one attached hydrogen (secondary N) is 2. The van der Waals surface area contributed by atoms with Crippen molar-refractivity contribution in [2.75, 3.05) is 10.0 Å². The summed E-state index contributed by atoms with van der Waals surface area (Å²) in [5.41, 5.74) is 3.06. The number of nitrogens with zero attached hydrogens (tertiary/aromatic N) is 3. The molecule has 2 aromatic heterocycles. The summed E-state index contributed by atoms with van der Waals surface area (Å²) in [4.78, 5) is 20.4. The molecule has 0 aliphatic carbocycles. The van der Waals surface area contributed by atoms with E-state index in [4.69, 9.17) is 4.52 Å². The molecule has 1 amide bonds. The number of hydrogen-bond donors (Lipinski definition) is 2. The van der Waals surface area contributed by atoms with Gasteiger partial charge in [0, 0.05) is 29.2 Å². The van der Waals surface area contributed by atoms with Gasteiger partial charge in [0.25, 0.3) is 15.9 Å². The number of carbonyl (C=O) groups excluding carboxylic acids is 1. The molecule has 0 unspecified atom stereocenters. The fourth-order valence-electron chi connectivity index (χ4n) is 2.83. The number of rotatable bonds is 6. The van der Waals surface area contributed by atoms with Gasteiger partial charge in [-0.3, -0.25) is 4.79 Å². The van der Waals surface area contributed by atoms with Crippen LogP contribution in [0.3, 0.4) is 0 Å². The molecule has 0 bridgehead atoms. The molecule has 0 aliphatic heterocycles.